The number of hydrogen-bond acceptors (Lipinski definition) is 2. The molecule has 0 saturated carbocycles. The maximum absolute atomic E-state index is 8.58. The van der Waals surface area contributed by atoms with Crippen molar-refractivity contribution < 1.29 is 11.4 Å². The van der Waals surface area contributed by atoms with E-state index < -0.39 is 7.12 Å². The van der Waals surface area contributed by atoms with E-state index in [1.54, 1.807) is 12.1 Å². The van der Waals surface area contributed by atoms with Gasteiger partial charge in [0.2, 0.25) is 0 Å². The molecule has 0 heterocycles. The van der Waals surface area contributed by atoms with Crippen molar-refractivity contribution in [2.24, 2.45) is 0 Å². The van der Waals surface area contributed by atoms with Crippen molar-refractivity contribution in [1.29, 1.82) is 0 Å². The monoisotopic (exact) mass is 149 g/mol. The van der Waals surface area contributed by atoms with Crippen LogP contribution in [-0.2, 0) is 0 Å². The van der Waals surface area contributed by atoms with Gasteiger partial charge in [-0.3, -0.25) is 0 Å². The summed E-state index contributed by atoms with van der Waals surface area (Å²) in [5.74, 6) is -0.207. The third-order valence-corrected chi connectivity index (χ3v) is 1.20. The van der Waals surface area contributed by atoms with Gasteiger partial charge in [0, 0.05) is 0 Å². The molecule has 0 aliphatic rings. The van der Waals surface area contributed by atoms with Gasteiger partial charge in [-0.05, 0) is 5.56 Å². The maximum Gasteiger partial charge on any atom is 0.480 e. The van der Waals surface area contributed by atoms with Crippen molar-refractivity contribution in [2.45, 2.75) is 0 Å². The van der Waals surface area contributed by atoms with E-state index in [0.717, 1.165) is 5.56 Å². The normalized spacial score (nSPS) is 12.5. The lowest BCUT2D eigenvalue weighted by molar-refractivity contribution is 0.424. The molecule has 0 unspecified atom stereocenters. The standard InChI is InChI=1S/C8H9BO2/c10-9(11)7-6-8-4-2-1-3-5-8/h1-7,10-11H/i7D. The smallest absolute Gasteiger partial charge is 0.424 e. The zero-order valence-corrected chi connectivity index (χ0v) is 5.94. The van der Waals surface area contributed by atoms with Crippen LogP contribution in [-0.4, -0.2) is 17.2 Å². The zero-order chi connectivity index (χ0) is 8.97. The molecular formula is C8H9BO2. The quantitative estimate of drug-likeness (QED) is 0.608. The summed E-state index contributed by atoms with van der Waals surface area (Å²) in [7, 11) is -1.69. The number of hydrogen-bond donors (Lipinski definition) is 2. The summed E-state index contributed by atoms with van der Waals surface area (Å²) in [5, 5.41) is 17.2. The van der Waals surface area contributed by atoms with Crippen LogP contribution in [0.5, 0.6) is 0 Å². The molecule has 0 spiro atoms. The molecule has 0 saturated heterocycles. The van der Waals surface area contributed by atoms with Crippen molar-refractivity contribution in [3.63, 3.8) is 0 Å². The zero-order valence-electron chi connectivity index (χ0n) is 6.94. The van der Waals surface area contributed by atoms with E-state index in [1.807, 2.05) is 18.2 Å². The first-order valence-corrected chi connectivity index (χ1v) is 3.29. The molecule has 0 aliphatic heterocycles. The number of rotatable bonds is 2. The van der Waals surface area contributed by atoms with Gasteiger partial charge in [-0.15, -0.1) is 0 Å². The van der Waals surface area contributed by atoms with E-state index in [4.69, 9.17) is 11.4 Å². The van der Waals surface area contributed by atoms with Gasteiger partial charge in [-0.2, -0.15) is 0 Å². The molecule has 0 fully saturated rings. The Kier molecular flexibility index (Phi) is 2.39. The summed E-state index contributed by atoms with van der Waals surface area (Å²) >= 11 is 0. The second-order valence-electron chi connectivity index (χ2n) is 2.10. The second kappa shape index (κ2) is 3.96. The lowest BCUT2D eigenvalue weighted by atomic mass is 9.91. The van der Waals surface area contributed by atoms with Gasteiger partial charge >= 0.3 is 7.12 Å². The predicted molar refractivity (Wildman–Crippen MR) is 45.7 cm³/mol. The Morgan fingerprint density at radius 3 is 2.45 bits per heavy atom. The summed E-state index contributed by atoms with van der Waals surface area (Å²) in [4.78, 5) is 0. The Labute approximate surface area is 67.4 Å². The summed E-state index contributed by atoms with van der Waals surface area (Å²) in [5.41, 5.74) is 0.788. The summed E-state index contributed by atoms with van der Waals surface area (Å²) in [6.45, 7) is 0. The Hall–Kier alpha value is -1.06. The summed E-state index contributed by atoms with van der Waals surface area (Å²) in [6.07, 6.45) is 1.41. The van der Waals surface area contributed by atoms with Crippen molar-refractivity contribution in [3.8, 4) is 0 Å². The molecule has 0 aromatic heterocycles. The highest BCUT2D eigenvalue weighted by molar-refractivity contribution is 6.48. The van der Waals surface area contributed by atoms with E-state index in [1.165, 1.54) is 6.08 Å². The van der Waals surface area contributed by atoms with Crippen LogP contribution in [0.15, 0.2) is 36.3 Å². The van der Waals surface area contributed by atoms with Crippen molar-refractivity contribution in [2.75, 3.05) is 0 Å². The first-order valence-electron chi connectivity index (χ1n) is 3.79. The molecule has 2 N–H and O–H groups in total. The topological polar surface area (TPSA) is 40.5 Å². The molecule has 56 valence electrons. The minimum atomic E-state index is -1.69. The highest BCUT2D eigenvalue weighted by Gasteiger charge is 1.96. The molecule has 1 rings (SSSR count). The van der Waals surface area contributed by atoms with Gasteiger partial charge in [0.15, 0.2) is 0 Å². The summed E-state index contributed by atoms with van der Waals surface area (Å²) in [6, 6.07) is 9.08. The van der Waals surface area contributed by atoms with Crippen LogP contribution >= 0.6 is 0 Å². The fourth-order valence-electron chi connectivity index (χ4n) is 0.720. The van der Waals surface area contributed by atoms with Crippen LogP contribution in [0.3, 0.4) is 0 Å². The maximum atomic E-state index is 8.58. The first-order chi connectivity index (χ1) is 5.70. The molecule has 1 aromatic carbocycles. The average Bonchev–Trinajstić information content (AvgIpc) is 2.06. The second-order valence-corrected chi connectivity index (χ2v) is 2.10. The lowest BCUT2D eigenvalue weighted by Gasteiger charge is -1.90. The van der Waals surface area contributed by atoms with Crippen molar-refractivity contribution in [1.82, 2.24) is 0 Å². The molecule has 0 radical (unpaired) electrons. The van der Waals surface area contributed by atoms with Gasteiger partial charge in [0.1, 0.15) is 0 Å². The Morgan fingerprint density at radius 2 is 1.91 bits per heavy atom. The van der Waals surface area contributed by atoms with E-state index in [-0.39, 0.29) is 5.95 Å². The number of benzene rings is 1. The molecule has 1 aromatic rings. The van der Waals surface area contributed by atoms with Crippen LogP contribution in [0.4, 0.5) is 0 Å². The van der Waals surface area contributed by atoms with E-state index in [9.17, 15) is 0 Å². The van der Waals surface area contributed by atoms with Crippen molar-refractivity contribution >= 4 is 13.2 Å². The van der Waals surface area contributed by atoms with Crippen LogP contribution in [0, 0.1) is 0 Å². The van der Waals surface area contributed by atoms with Crippen molar-refractivity contribution in [3.05, 3.63) is 41.8 Å². The van der Waals surface area contributed by atoms with Crippen LogP contribution in [0.1, 0.15) is 6.93 Å². The third-order valence-electron chi connectivity index (χ3n) is 1.20. The Balaban J connectivity index is 2.81. The molecular weight excluding hydrogens is 139 g/mol. The van der Waals surface area contributed by atoms with Gasteiger partial charge in [0.05, 0.1) is 1.37 Å². The fourth-order valence-corrected chi connectivity index (χ4v) is 0.720. The SMILES string of the molecule is [2H]C(=Cc1ccccc1)B(O)O. The molecule has 0 bridgehead atoms. The largest absolute Gasteiger partial charge is 0.480 e. The Bertz CT molecular complexity index is 272. The molecule has 0 amide bonds. The van der Waals surface area contributed by atoms with E-state index in [2.05, 4.69) is 0 Å². The molecule has 11 heavy (non-hydrogen) atoms. The highest BCUT2D eigenvalue weighted by Crippen LogP contribution is 2.00. The fraction of sp³-hybridized carbons (Fsp3) is 0. The Morgan fingerprint density at radius 1 is 1.27 bits per heavy atom. The minimum Gasteiger partial charge on any atom is -0.424 e. The van der Waals surface area contributed by atoms with Gasteiger partial charge in [-0.1, -0.05) is 42.4 Å². The van der Waals surface area contributed by atoms with E-state index in [0.29, 0.717) is 0 Å². The summed E-state index contributed by atoms with van der Waals surface area (Å²) < 4.78 is 7.13. The van der Waals surface area contributed by atoms with Gasteiger partial charge in [-0.25, -0.2) is 0 Å². The molecule has 0 aliphatic carbocycles. The highest BCUT2D eigenvalue weighted by atomic mass is 16.4. The lowest BCUT2D eigenvalue weighted by Crippen LogP contribution is -2.05. The van der Waals surface area contributed by atoms with Gasteiger partial charge in [0.25, 0.3) is 0 Å². The molecule has 3 heteroatoms. The average molecular weight is 149 g/mol. The van der Waals surface area contributed by atoms with Gasteiger partial charge < -0.3 is 10.0 Å². The molecule has 0 atom stereocenters. The minimum absolute atomic E-state index is 0.207. The van der Waals surface area contributed by atoms with E-state index >= 15 is 0 Å². The third kappa shape index (κ3) is 3.02. The van der Waals surface area contributed by atoms with Crippen LogP contribution in [0.25, 0.3) is 6.08 Å². The van der Waals surface area contributed by atoms with Crippen LogP contribution in [0.2, 0.25) is 0 Å². The first kappa shape index (κ1) is 6.64. The predicted octanol–water partition coefficient (Wildman–Crippen LogP) is 0.712. The molecule has 2 nitrogen and oxygen atoms in total. The van der Waals surface area contributed by atoms with Crippen LogP contribution < -0.4 is 0 Å².